The van der Waals surface area contributed by atoms with Gasteiger partial charge in [0.2, 0.25) is 0 Å². The number of amides is 3. The summed E-state index contributed by atoms with van der Waals surface area (Å²) in [5.74, 6) is -0.638. The van der Waals surface area contributed by atoms with Crippen molar-refractivity contribution in [3.8, 4) is 5.88 Å². The van der Waals surface area contributed by atoms with Crippen LogP contribution in [0.3, 0.4) is 0 Å². The van der Waals surface area contributed by atoms with Crippen molar-refractivity contribution in [2.45, 2.75) is 6.42 Å². The molecule has 0 saturated carbocycles. The van der Waals surface area contributed by atoms with Crippen molar-refractivity contribution >= 4 is 39.9 Å². The van der Waals surface area contributed by atoms with Gasteiger partial charge < -0.3 is 15.4 Å². The fourth-order valence-electron chi connectivity index (χ4n) is 4.01. The van der Waals surface area contributed by atoms with Crippen LogP contribution >= 0.6 is 0 Å². The van der Waals surface area contributed by atoms with Crippen molar-refractivity contribution in [1.29, 1.82) is 0 Å². The summed E-state index contributed by atoms with van der Waals surface area (Å²) in [6.45, 7) is 0. The standard InChI is InChI=1S/C26H19N5O5/c32-24-21(29-26(34)30-24)11-9-15-5-4-8-17(13-15)27-23(16-6-2-1-3-7-16)22-19-14-18(31(35)36)10-12-20(19)28-25(22)33/h1-8,10-14,28,33H,9H2,(H2,29,30,32,34). The number of H-pyrrole nitrogens is 1. The number of non-ortho nitro benzene ring substituents is 1. The first-order chi connectivity index (χ1) is 17.4. The molecule has 1 fully saturated rings. The SMILES string of the molecule is O=C1NC(=O)C(=CCc2cccc(N=C(c3ccccc3)c3c(O)[nH]c4ccc([N+](=O)[O-])cc34)c2)N1. The highest BCUT2D eigenvalue weighted by atomic mass is 16.6. The molecule has 3 amide bonds. The number of urea groups is 1. The first kappa shape index (κ1) is 22.5. The number of hydrogen-bond donors (Lipinski definition) is 4. The molecule has 1 aliphatic heterocycles. The maximum Gasteiger partial charge on any atom is 0.326 e. The van der Waals surface area contributed by atoms with Crippen LogP contribution in [0.5, 0.6) is 5.88 Å². The molecule has 2 heterocycles. The quantitative estimate of drug-likeness (QED) is 0.107. The van der Waals surface area contributed by atoms with Gasteiger partial charge in [-0.05, 0) is 30.2 Å². The molecule has 0 bridgehead atoms. The van der Waals surface area contributed by atoms with Gasteiger partial charge in [-0.2, -0.15) is 0 Å². The van der Waals surface area contributed by atoms with E-state index in [1.165, 1.54) is 12.1 Å². The number of nitrogens with zero attached hydrogens (tertiary/aromatic N) is 2. The molecule has 3 aromatic carbocycles. The fourth-order valence-corrected chi connectivity index (χ4v) is 4.01. The normalized spacial score (nSPS) is 14.8. The van der Waals surface area contributed by atoms with Crippen molar-refractivity contribution in [2.75, 3.05) is 0 Å². The Hall–Kier alpha value is -5.25. The Morgan fingerprint density at radius 2 is 1.81 bits per heavy atom. The summed E-state index contributed by atoms with van der Waals surface area (Å²) >= 11 is 0. The van der Waals surface area contributed by atoms with Gasteiger partial charge >= 0.3 is 6.03 Å². The van der Waals surface area contributed by atoms with E-state index in [-0.39, 0.29) is 17.3 Å². The number of nitro groups is 1. The van der Waals surface area contributed by atoms with E-state index in [2.05, 4.69) is 15.6 Å². The van der Waals surface area contributed by atoms with Crippen LogP contribution in [-0.4, -0.2) is 32.7 Å². The van der Waals surface area contributed by atoms with Crippen molar-refractivity contribution in [1.82, 2.24) is 15.6 Å². The van der Waals surface area contributed by atoms with Gasteiger partial charge in [0.05, 0.1) is 21.9 Å². The second-order valence-electron chi connectivity index (χ2n) is 8.06. The molecule has 0 unspecified atom stereocenters. The van der Waals surface area contributed by atoms with E-state index >= 15 is 0 Å². The molecule has 10 heteroatoms. The number of hydrogen-bond acceptors (Lipinski definition) is 6. The minimum atomic E-state index is -0.559. The van der Waals surface area contributed by atoms with Crippen molar-refractivity contribution < 1.29 is 19.6 Å². The predicted molar refractivity (Wildman–Crippen MR) is 133 cm³/mol. The van der Waals surface area contributed by atoms with Crippen molar-refractivity contribution in [3.05, 3.63) is 111 Å². The van der Waals surface area contributed by atoms with E-state index in [0.717, 1.165) is 5.56 Å². The second kappa shape index (κ2) is 9.18. The highest BCUT2D eigenvalue weighted by Gasteiger charge is 2.23. The molecule has 1 saturated heterocycles. The van der Waals surface area contributed by atoms with Gasteiger partial charge in [0.1, 0.15) is 5.70 Å². The van der Waals surface area contributed by atoms with Crippen LogP contribution in [0.4, 0.5) is 16.2 Å². The molecular weight excluding hydrogens is 462 g/mol. The minimum absolute atomic E-state index is 0.103. The number of rotatable bonds is 6. The molecule has 36 heavy (non-hydrogen) atoms. The number of imide groups is 1. The third-order valence-electron chi connectivity index (χ3n) is 5.67. The maximum absolute atomic E-state index is 11.8. The molecule has 0 aliphatic carbocycles. The van der Waals surface area contributed by atoms with Crippen LogP contribution in [0, 0.1) is 10.1 Å². The molecular formula is C26H19N5O5. The van der Waals surface area contributed by atoms with Gasteiger partial charge in [0.25, 0.3) is 11.6 Å². The van der Waals surface area contributed by atoms with Crippen LogP contribution in [0.25, 0.3) is 10.9 Å². The van der Waals surface area contributed by atoms with Gasteiger partial charge in [-0.1, -0.05) is 48.5 Å². The first-order valence-electron chi connectivity index (χ1n) is 10.9. The van der Waals surface area contributed by atoms with Gasteiger partial charge in [-0.3, -0.25) is 20.2 Å². The van der Waals surface area contributed by atoms with Crippen LogP contribution in [-0.2, 0) is 11.2 Å². The maximum atomic E-state index is 11.8. The molecule has 1 aliphatic rings. The monoisotopic (exact) mass is 481 g/mol. The Labute approximate surface area is 204 Å². The molecule has 0 radical (unpaired) electrons. The second-order valence-corrected chi connectivity index (χ2v) is 8.06. The Morgan fingerprint density at radius 3 is 2.53 bits per heavy atom. The number of carbonyl (C=O) groups excluding carboxylic acids is 2. The molecule has 10 nitrogen and oxygen atoms in total. The summed E-state index contributed by atoms with van der Waals surface area (Å²) in [5, 5.41) is 27.2. The Morgan fingerprint density at radius 1 is 1.00 bits per heavy atom. The summed E-state index contributed by atoms with van der Waals surface area (Å²) in [5.41, 5.74) is 3.51. The number of fused-ring (bicyclic) bond motifs is 1. The Kier molecular flexibility index (Phi) is 5.75. The number of aromatic amines is 1. The number of aromatic nitrogens is 1. The van der Waals surface area contributed by atoms with Crippen LogP contribution in [0.2, 0.25) is 0 Å². The summed E-state index contributed by atoms with van der Waals surface area (Å²) in [4.78, 5) is 41.7. The third-order valence-corrected chi connectivity index (χ3v) is 5.67. The van der Waals surface area contributed by atoms with E-state index in [9.17, 15) is 24.8 Å². The number of benzene rings is 3. The van der Waals surface area contributed by atoms with Gasteiger partial charge in [-0.25, -0.2) is 9.79 Å². The molecule has 4 N–H and O–H groups in total. The minimum Gasteiger partial charge on any atom is -0.494 e. The van der Waals surface area contributed by atoms with E-state index in [1.54, 1.807) is 18.2 Å². The lowest BCUT2D eigenvalue weighted by molar-refractivity contribution is -0.384. The Bertz CT molecular complexity index is 1590. The number of nitro benzene ring substituents is 1. The largest absolute Gasteiger partial charge is 0.494 e. The molecule has 5 rings (SSSR count). The number of allylic oxidation sites excluding steroid dienone is 1. The lowest BCUT2D eigenvalue weighted by Gasteiger charge is -2.08. The van der Waals surface area contributed by atoms with Crippen molar-refractivity contribution in [2.24, 2.45) is 4.99 Å². The molecule has 1 aromatic heterocycles. The van der Waals surface area contributed by atoms with Crippen LogP contribution in [0.1, 0.15) is 16.7 Å². The highest BCUT2D eigenvalue weighted by molar-refractivity contribution is 6.22. The van der Waals surface area contributed by atoms with Crippen molar-refractivity contribution in [3.63, 3.8) is 0 Å². The zero-order valence-corrected chi connectivity index (χ0v) is 18.7. The van der Waals surface area contributed by atoms with Gasteiger partial charge in [-0.15, -0.1) is 0 Å². The van der Waals surface area contributed by atoms with E-state index in [4.69, 9.17) is 4.99 Å². The number of nitrogens with one attached hydrogen (secondary N) is 3. The molecule has 0 spiro atoms. The van der Waals surface area contributed by atoms with Crippen LogP contribution < -0.4 is 10.6 Å². The smallest absolute Gasteiger partial charge is 0.326 e. The predicted octanol–water partition coefficient (Wildman–Crippen LogP) is 4.22. The highest BCUT2D eigenvalue weighted by Crippen LogP contribution is 2.33. The fraction of sp³-hybridized carbons (Fsp3) is 0.0385. The summed E-state index contributed by atoms with van der Waals surface area (Å²) in [6.07, 6.45) is 1.99. The lowest BCUT2D eigenvalue weighted by Crippen LogP contribution is -2.22. The third kappa shape index (κ3) is 4.42. The van der Waals surface area contributed by atoms with Gasteiger partial charge in [0, 0.05) is 28.6 Å². The number of aromatic hydroxyl groups is 1. The first-order valence-corrected chi connectivity index (χ1v) is 10.9. The zero-order chi connectivity index (χ0) is 25.2. The summed E-state index contributed by atoms with van der Waals surface area (Å²) in [6, 6.07) is 20.2. The molecule has 0 atom stereocenters. The molecule has 4 aromatic rings. The zero-order valence-electron chi connectivity index (χ0n) is 18.7. The van der Waals surface area contributed by atoms with Gasteiger partial charge in [0.15, 0.2) is 5.88 Å². The summed E-state index contributed by atoms with van der Waals surface area (Å²) in [7, 11) is 0. The average Bonchev–Trinajstić information content (AvgIpc) is 3.38. The number of carbonyl (C=O) groups is 2. The lowest BCUT2D eigenvalue weighted by atomic mass is 10.0. The summed E-state index contributed by atoms with van der Waals surface area (Å²) < 4.78 is 0. The van der Waals surface area contributed by atoms with E-state index < -0.39 is 16.9 Å². The average molecular weight is 481 g/mol. The Balaban J connectivity index is 1.60. The number of aliphatic imine (C=N–C) groups is 1. The van der Waals surface area contributed by atoms with E-state index in [0.29, 0.717) is 39.8 Å². The molecule has 178 valence electrons. The van der Waals surface area contributed by atoms with Crippen LogP contribution in [0.15, 0.2) is 89.6 Å². The van der Waals surface area contributed by atoms with E-state index in [1.807, 2.05) is 48.5 Å². The topological polar surface area (TPSA) is 150 Å².